The molecule has 0 fully saturated rings. The number of hydrogen-bond donors (Lipinski definition) is 2. The quantitative estimate of drug-likeness (QED) is 0.728. The molecule has 0 aliphatic carbocycles. The second-order valence-corrected chi connectivity index (χ2v) is 9.67. The predicted molar refractivity (Wildman–Crippen MR) is 104 cm³/mol. The molecule has 0 bridgehead atoms. The van der Waals surface area contributed by atoms with Crippen LogP contribution in [0.15, 0.2) is 22.5 Å². The van der Waals surface area contributed by atoms with Gasteiger partial charge in [-0.25, -0.2) is 0 Å². The number of aryl methyl sites for hydroxylation is 2. The summed E-state index contributed by atoms with van der Waals surface area (Å²) in [5.74, 6) is -0.254. The minimum Gasteiger partial charge on any atom is -0.300 e. The number of sulfonamides is 1. The highest BCUT2D eigenvalue weighted by Gasteiger charge is 2.26. The number of benzene rings is 1. The lowest BCUT2D eigenvalue weighted by Gasteiger charge is -2.15. The fourth-order valence-electron chi connectivity index (χ4n) is 2.21. The van der Waals surface area contributed by atoms with Gasteiger partial charge >= 0.3 is 0 Å². The van der Waals surface area contributed by atoms with Crippen molar-refractivity contribution in [3.8, 4) is 0 Å². The smallest absolute Gasteiger partial charge is 0.291 e. The SMILES string of the molecule is CCc1cccc(CC)c1NS(=O)(=O)c1nnc(NC(=O)C(C)(C)C)s1. The van der Waals surface area contributed by atoms with Crippen LogP contribution in [0.3, 0.4) is 0 Å². The first-order valence-corrected chi connectivity index (χ1v) is 10.7. The highest BCUT2D eigenvalue weighted by atomic mass is 32.2. The summed E-state index contributed by atoms with van der Waals surface area (Å²) in [5.41, 5.74) is 1.81. The lowest BCUT2D eigenvalue weighted by molar-refractivity contribution is -0.123. The molecule has 0 saturated heterocycles. The van der Waals surface area contributed by atoms with Crippen LogP contribution in [0, 0.1) is 5.41 Å². The van der Waals surface area contributed by atoms with Crippen molar-refractivity contribution in [2.24, 2.45) is 5.41 Å². The molecule has 0 spiro atoms. The molecule has 1 aromatic carbocycles. The number of anilines is 2. The van der Waals surface area contributed by atoms with E-state index in [-0.39, 0.29) is 15.4 Å². The summed E-state index contributed by atoms with van der Waals surface area (Å²) in [6.45, 7) is 9.22. The van der Waals surface area contributed by atoms with Crippen LogP contribution in [0.2, 0.25) is 0 Å². The average Bonchev–Trinajstić information content (AvgIpc) is 3.03. The maximum absolute atomic E-state index is 12.7. The predicted octanol–water partition coefficient (Wildman–Crippen LogP) is 3.45. The second-order valence-electron chi connectivity index (χ2n) is 6.84. The lowest BCUT2D eigenvalue weighted by atomic mass is 9.96. The largest absolute Gasteiger partial charge is 0.300 e. The Morgan fingerprint density at radius 2 is 1.69 bits per heavy atom. The maximum Gasteiger partial charge on any atom is 0.291 e. The van der Waals surface area contributed by atoms with E-state index < -0.39 is 15.4 Å². The zero-order chi connectivity index (χ0) is 19.5. The normalized spacial score (nSPS) is 12.0. The van der Waals surface area contributed by atoms with Crippen molar-refractivity contribution < 1.29 is 13.2 Å². The van der Waals surface area contributed by atoms with E-state index in [1.807, 2.05) is 32.0 Å². The molecule has 7 nitrogen and oxygen atoms in total. The molecule has 0 aliphatic rings. The van der Waals surface area contributed by atoms with Crippen LogP contribution in [0.5, 0.6) is 0 Å². The van der Waals surface area contributed by atoms with Crippen LogP contribution < -0.4 is 10.0 Å². The zero-order valence-corrected chi connectivity index (χ0v) is 17.2. The van der Waals surface area contributed by atoms with Crippen LogP contribution in [-0.2, 0) is 27.7 Å². The highest BCUT2D eigenvalue weighted by Crippen LogP contribution is 2.28. The van der Waals surface area contributed by atoms with Gasteiger partial charge in [-0.1, -0.05) is 64.2 Å². The van der Waals surface area contributed by atoms with Gasteiger partial charge in [-0.15, -0.1) is 10.2 Å². The Morgan fingerprint density at radius 3 is 2.19 bits per heavy atom. The second kappa shape index (κ2) is 7.71. The highest BCUT2D eigenvalue weighted by molar-refractivity contribution is 7.94. The van der Waals surface area contributed by atoms with Crippen molar-refractivity contribution in [2.45, 2.75) is 51.8 Å². The van der Waals surface area contributed by atoms with Crippen molar-refractivity contribution in [1.29, 1.82) is 0 Å². The van der Waals surface area contributed by atoms with Gasteiger partial charge in [-0.2, -0.15) is 8.42 Å². The molecule has 0 unspecified atom stereocenters. The monoisotopic (exact) mass is 396 g/mol. The fourth-order valence-corrected chi connectivity index (χ4v) is 4.24. The number of nitrogens with one attached hydrogen (secondary N) is 2. The summed E-state index contributed by atoms with van der Waals surface area (Å²) >= 11 is 0.826. The Morgan fingerprint density at radius 1 is 1.12 bits per heavy atom. The van der Waals surface area contributed by atoms with Gasteiger partial charge in [0.2, 0.25) is 11.0 Å². The van der Waals surface area contributed by atoms with Crippen LogP contribution in [0.4, 0.5) is 10.8 Å². The number of rotatable bonds is 6. The molecule has 1 amide bonds. The van der Waals surface area contributed by atoms with E-state index in [4.69, 9.17) is 0 Å². The van der Waals surface area contributed by atoms with Gasteiger partial charge in [0, 0.05) is 5.41 Å². The summed E-state index contributed by atoms with van der Waals surface area (Å²) < 4.78 is 27.9. The first-order valence-electron chi connectivity index (χ1n) is 8.37. The van der Waals surface area contributed by atoms with Gasteiger partial charge in [0.1, 0.15) is 0 Å². The molecule has 2 aromatic rings. The Bertz CT molecular complexity index is 877. The zero-order valence-electron chi connectivity index (χ0n) is 15.6. The van der Waals surface area contributed by atoms with Crippen LogP contribution >= 0.6 is 11.3 Å². The molecule has 0 saturated carbocycles. The van der Waals surface area contributed by atoms with E-state index in [0.29, 0.717) is 18.5 Å². The number of nitrogens with zero attached hydrogens (tertiary/aromatic N) is 2. The maximum atomic E-state index is 12.7. The Kier molecular flexibility index (Phi) is 6.02. The van der Waals surface area contributed by atoms with Crippen LogP contribution in [0.1, 0.15) is 45.7 Å². The molecular weight excluding hydrogens is 372 g/mol. The third-order valence-electron chi connectivity index (χ3n) is 3.77. The van der Waals surface area contributed by atoms with Gasteiger partial charge in [0.15, 0.2) is 0 Å². The lowest BCUT2D eigenvalue weighted by Crippen LogP contribution is -2.27. The number of aromatic nitrogens is 2. The molecule has 26 heavy (non-hydrogen) atoms. The van der Waals surface area contributed by atoms with Crippen molar-refractivity contribution in [3.05, 3.63) is 29.3 Å². The van der Waals surface area contributed by atoms with Crippen molar-refractivity contribution in [2.75, 3.05) is 10.0 Å². The van der Waals surface area contributed by atoms with E-state index in [1.165, 1.54) is 0 Å². The minimum atomic E-state index is -3.89. The summed E-state index contributed by atoms with van der Waals surface area (Å²) in [6.07, 6.45) is 1.41. The molecule has 1 heterocycles. The molecule has 142 valence electrons. The van der Waals surface area contributed by atoms with Gasteiger partial charge < -0.3 is 5.32 Å². The number of hydrogen-bond acceptors (Lipinski definition) is 6. The van der Waals surface area contributed by atoms with Crippen LogP contribution in [0.25, 0.3) is 0 Å². The first kappa shape index (κ1) is 20.3. The minimum absolute atomic E-state index is 0.157. The Hall–Kier alpha value is -2.00. The van der Waals surface area contributed by atoms with Gasteiger partial charge in [0.25, 0.3) is 14.4 Å². The molecule has 0 atom stereocenters. The molecule has 0 radical (unpaired) electrons. The molecule has 0 aliphatic heterocycles. The number of para-hydroxylation sites is 1. The molecule has 1 aromatic heterocycles. The van der Waals surface area contributed by atoms with Crippen LogP contribution in [-0.4, -0.2) is 24.5 Å². The number of amides is 1. The van der Waals surface area contributed by atoms with E-state index in [1.54, 1.807) is 20.8 Å². The number of carbonyl (C=O) groups is 1. The Labute approximate surface area is 158 Å². The van der Waals surface area contributed by atoms with Crippen molar-refractivity contribution in [1.82, 2.24) is 10.2 Å². The van der Waals surface area contributed by atoms with E-state index in [0.717, 1.165) is 22.5 Å². The van der Waals surface area contributed by atoms with Gasteiger partial charge in [-0.05, 0) is 24.0 Å². The van der Waals surface area contributed by atoms with E-state index in [2.05, 4.69) is 20.2 Å². The topological polar surface area (TPSA) is 101 Å². The average molecular weight is 397 g/mol. The van der Waals surface area contributed by atoms with E-state index >= 15 is 0 Å². The van der Waals surface area contributed by atoms with Crippen molar-refractivity contribution >= 4 is 38.1 Å². The number of carbonyl (C=O) groups excluding carboxylic acids is 1. The first-order chi connectivity index (χ1) is 12.1. The fraction of sp³-hybridized carbons (Fsp3) is 0.471. The summed E-state index contributed by atoms with van der Waals surface area (Å²) in [5, 5.41) is 10.3. The van der Waals surface area contributed by atoms with Gasteiger partial charge in [-0.3, -0.25) is 9.52 Å². The summed E-state index contributed by atoms with van der Waals surface area (Å²) in [4.78, 5) is 12.0. The standard InChI is InChI=1S/C17H24N4O3S2/c1-6-11-9-8-10-12(7-2)13(11)21-26(23,24)16-20-19-15(25-16)18-14(22)17(3,4)5/h8-10,21H,6-7H2,1-5H3,(H,18,19,22). The third kappa shape index (κ3) is 4.59. The van der Waals surface area contributed by atoms with E-state index in [9.17, 15) is 13.2 Å². The summed E-state index contributed by atoms with van der Waals surface area (Å²) in [6, 6.07) is 5.71. The third-order valence-corrected chi connectivity index (χ3v) is 6.33. The molecule has 9 heteroatoms. The summed E-state index contributed by atoms with van der Waals surface area (Å²) in [7, 11) is -3.89. The molecular formula is C17H24N4O3S2. The Balaban J connectivity index is 2.29. The molecule has 2 rings (SSSR count). The van der Waals surface area contributed by atoms with Gasteiger partial charge in [0.05, 0.1) is 5.69 Å². The molecule has 2 N–H and O–H groups in total. The van der Waals surface area contributed by atoms with Crippen molar-refractivity contribution in [3.63, 3.8) is 0 Å².